The highest BCUT2D eigenvalue weighted by molar-refractivity contribution is 7.89. The molecule has 7 heteroatoms. The Labute approximate surface area is 110 Å². The molecule has 19 heavy (non-hydrogen) atoms. The number of nitrogens with zero attached hydrogens (tertiary/aromatic N) is 1. The normalized spacial score (nSPS) is 19.2. The molecular formula is C12H15F2NO3S. The van der Waals surface area contributed by atoms with Crippen molar-refractivity contribution in [3.8, 4) is 0 Å². The second-order valence-corrected chi connectivity index (χ2v) is 6.67. The van der Waals surface area contributed by atoms with E-state index in [2.05, 4.69) is 0 Å². The van der Waals surface area contributed by atoms with Crippen molar-refractivity contribution in [1.29, 1.82) is 0 Å². The van der Waals surface area contributed by atoms with Crippen molar-refractivity contribution in [2.24, 2.45) is 0 Å². The number of halogens is 2. The molecule has 1 heterocycles. The molecule has 106 valence electrons. The van der Waals surface area contributed by atoms with Crippen LogP contribution in [0.3, 0.4) is 0 Å². The third-order valence-electron chi connectivity index (χ3n) is 3.17. The minimum absolute atomic E-state index is 0.128. The number of β-amino-alcohol motifs (C(OH)–C–C–N with tert-alkyl or cyclic N) is 1. The molecule has 0 aromatic heterocycles. The lowest BCUT2D eigenvalue weighted by Gasteiger charge is -2.45. The maximum absolute atomic E-state index is 13.5. The van der Waals surface area contributed by atoms with Gasteiger partial charge in [0, 0.05) is 13.1 Å². The molecule has 0 saturated carbocycles. The van der Waals surface area contributed by atoms with Crippen LogP contribution in [-0.2, 0) is 10.0 Å². The van der Waals surface area contributed by atoms with Crippen molar-refractivity contribution in [1.82, 2.24) is 4.31 Å². The lowest BCUT2D eigenvalue weighted by atomic mass is 9.92. The van der Waals surface area contributed by atoms with Gasteiger partial charge in [0.25, 0.3) is 0 Å². The summed E-state index contributed by atoms with van der Waals surface area (Å²) in [5, 5.41) is 9.94. The van der Waals surface area contributed by atoms with Gasteiger partial charge in [0.15, 0.2) is 4.90 Å². The molecule has 1 aliphatic rings. The van der Waals surface area contributed by atoms with Crippen LogP contribution in [0.4, 0.5) is 8.78 Å². The van der Waals surface area contributed by atoms with Gasteiger partial charge in [-0.15, -0.1) is 0 Å². The maximum atomic E-state index is 13.5. The molecule has 0 radical (unpaired) electrons. The molecule has 1 saturated heterocycles. The highest BCUT2D eigenvalue weighted by atomic mass is 32.2. The van der Waals surface area contributed by atoms with Crippen molar-refractivity contribution < 1.29 is 22.3 Å². The van der Waals surface area contributed by atoms with Gasteiger partial charge < -0.3 is 5.11 Å². The SMILES string of the molecule is CCCC1(O)CN(S(=O)(=O)c2c(F)cccc2F)C1. The average molecular weight is 291 g/mol. The van der Waals surface area contributed by atoms with Crippen molar-refractivity contribution in [2.75, 3.05) is 13.1 Å². The van der Waals surface area contributed by atoms with E-state index in [0.29, 0.717) is 12.8 Å². The highest BCUT2D eigenvalue weighted by Gasteiger charge is 2.47. The lowest BCUT2D eigenvalue weighted by molar-refractivity contribution is -0.0654. The molecule has 0 atom stereocenters. The van der Waals surface area contributed by atoms with Crippen LogP contribution < -0.4 is 0 Å². The fourth-order valence-corrected chi connectivity index (χ4v) is 3.97. The number of aliphatic hydroxyl groups is 1. The van der Waals surface area contributed by atoms with Gasteiger partial charge in [0.05, 0.1) is 5.60 Å². The zero-order valence-corrected chi connectivity index (χ0v) is 11.3. The van der Waals surface area contributed by atoms with E-state index in [4.69, 9.17) is 0 Å². The number of sulfonamides is 1. The van der Waals surface area contributed by atoms with Gasteiger partial charge in [0.2, 0.25) is 10.0 Å². The summed E-state index contributed by atoms with van der Waals surface area (Å²) in [6.07, 6.45) is 1.16. The third-order valence-corrected chi connectivity index (χ3v) is 5.02. The predicted octanol–water partition coefficient (Wildman–Crippen LogP) is 1.50. The molecule has 1 fully saturated rings. The summed E-state index contributed by atoms with van der Waals surface area (Å²) in [6, 6.07) is 2.90. The molecular weight excluding hydrogens is 276 g/mol. The van der Waals surface area contributed by atoms with Gasteiger partial charge in [-0.2, -0.15) is 4.31 Å². The largest absolute Gasteiger partial charge is 0.387 e. The Bertz CT molecular complexity index is 562. The highest BCUT2D eigenvalue weighted by Crippen LogP contribution is 2.32. The first-order valence-electron chi connectivity index (χ1n) is 5.97. The number of hydrogen-bond acceptors (Lipinski definition) is 3. The van der Waals surface area contributed by atoms with Crippen molar-refractivity contribution in [3.63, 3.8) is 0 Å². The molecule has 0 aliphatic carbocycles. The van der Waals surface area contributed by atoms with E-state index in [1.54, 1.807) is 0 Å². The monoisotopic (exact) mass is 291 g/mol. The summed E-state index contributed by atoms with van der Waals surface area (Å²) in [5.41, 5.74) is -1.08. The summed E-state index contributed by atoms with van der Waals surface area (Å²) < 4.78 is 52.1. The van der Waals surface area contributed by atoms with Crippen LogP contribution in [0.1, 0.15) is 19.8 Å². The first-order valence-corrected chi connectivity index (χ1v) is 7.41. The van der Waals surface area contributed by atoms with E-state index in [9.17, 15) is 22.3 Å². The standard InChI is InChI=1S/C12H15F2NO3S/c1-2-6-12(16)7-15(8-12)19(17,18)11-9(13)4-3-5-10(11)14/h3-5,16H,2,6-8H2,1H3. The molecule has 0 bridgehead atoms. The summed E-state index contributed by atoms with van der Waals surface area (Å²) in [7, 11) is -4.23. The van der Waals surface area contributed by atoms with Gasteiger partial charge in [-0.3, -0.25) is 0 Å². The summed E-state index contributed by atoms with van der Waals surface area (Å²) in [6.45, 7) is 1.61. The van der Waals surface area contributed by atoms with Gasteiger partial charge in [-0.1, -0.05) is 19.4 Å². The minimum Gasteiger partial charge on any atom is -0.387 e. The van der Waals surface area contributed by atoms with Crippen LogP contribution >= 0.6 is 0 Å². The topological polar surface area (TPSA) is 57.6 Å². The zero-order chi connectivity index (χ0) is 14.3. The maximum Gasteiger partial charge on any atom is 0.249 e. The Morgan fingerprint density at radius 1 is 1.32 bits per heavy atom. The first kappa shape index (κ1) is 14.4. The second kappa shape index (κ2) is 4.81. The second-order valence-electron chi connectivity index (χ2n) is 4.80. The molecule has 4 nitrogen and oxygen atoms in total. The van der Waals surface area contributed by atoms with Crippen molar-refractivity contribution in [3.05, 3.63) is 29.8 Å². The third kappa shape index (κ3) is 2.50. The van der Waals surface area contributed by atoms with Crippen LogP contribution in [0.15, 0.2) is 23.1 Å². The minimum atomic E-state index is -4.23. The van der Waals surface area contributed by atoms with Crippen molar-refractivity contribution >= 4 is 10.0 Å². The summed E-state index contributed by atoms with van der Waals surface area (Å²) in [4.78, 5) is -0.950. The molecule has 0 spiro atoms. The molecule has 1 aromatic carbocycles. The van der Waals surface area contributed by atoms with Crippen LogP contribution in [-0.4, -0.2) is 36.5 Å². The molecule has 1 aliphatic heterocycles. The fourth-order valence-electron chi connectivity index (χ4n) is 2.26. The number of rotatable bonds is 4. The quantitative estimate of drug-likeness (QED) is 0.914. The molecule has 0 amide bonds. The predicted molar refractivity (Wildman–Crippen MR) is 65.0 cm³/mol. The van der Waals surface area contributed by atoms with E-state index in [1.807, 2.05) is 6.92 Å². The van der Waals surface area contributed by atoms with Gasteiger partial charge in [-0.25, -0.2) is 17.2 Å². The zero-order valence-electron chi connectivity index (χ0n) is 10.4. The van der Waals surface area contributed by atoms with Gasteiger partial charge >= 0.3 is 0 Å². The van der Waals surface area contributed by atoms with E-state index in [1.165, 1.54) is 0 Å². The van der Waals surface area contributed by atoms with Crippen LogP contribution in [0, 0.1) is 11.6 Å². The molecule has 1 aromatic rings. The van der Waals surface area contributed by atoms with E-state index in [-0.39, 0.29) is 13.1 Å². The first-order chi connectivity index (χ1) is 8.80. The Morgan fingerprint density at radius 3 is 2.32 bits per heavy atom. The van der Waals surface area contributed by atoms with E-state index in [0.717, 1.165) is 22.5 Å². The van der Waals surface area contributed by atoms with Crippen LogP contribution in [0.2, 0.25) is 0 Å². The van der Waals surface area contributed by atoms with Crippen molar-refractivity contribution in [2.45, 2.75) is 30.3 Å². The molecule has 1 N–H and O–H groups in total. The Hall–Kier alpha value is -1.05. The summed E-state index contributed by atoms with van der Waals surface area (Å²) in [5.74, 6) is -2.24. The number of hydrogen-bond donors (Lipinski definition) is 1. The Balaban J connectivity index is 2.27. The average Bonchev–Trinajstić information content (AvgIpc) is 2.25. The van der Waals surface area contributed by atoms with E-state index >= 15 is 0 Å². The van der Waals surface area contributed by atoms with Gasteiger partial charge in [0.1, 0.15) is 11.6 Å². The number of benzene rings is 1. The smallest absolute Gasteiger partial charge is 0.249 e. The molecule has 2 rings (SSSR count). The fraction of sp³-hybridized carbons (Fsp3) is 0.500. The van der Waals surface area contributed by atoms with E-state index < -0.39 is 32.2 Å². The molecule has 0 unspecified atom stereocenters. The van der Waals surface area contributed by atoms with Crippen LogP contribution in [0.25, 0.3) is 0 Å². The van der Waals surface area contributed by atoms with Crippen LogP contribution in [0.5, 0.6) is 0 Å². The lowest BCUT2D eigenvalue weighted by Crippen LogP contribution is -2.63. The Kier molecular flexibility index (Phi) is 3.63. The Morgan fingerprint density at radius 2 is 1.84 bits per heavy atom. The summed E-state index contributed by atoms with van der Waals surface area (Å²) >= 11 is 0. The van der Waals surface area contributed by atoms with Gasteiger partial charge in [-0.05, 0) is 18.6 Å².